The molecular weight excluding hydrogens is 439 g/mol. The zero-order chi connectivity index (χ0) is 23.0. The van der Waals surface area contributed by atoms with Crippen LogP contribution >= 0.6 is 0 Å². The molecule has 0 aliphatic carbocycles. The summed E-state index contributed by atoms with van der Waals surface area (Å²) in [5, 5.41) is 11.0. The summed E-state index contributed by atoms with van der Waals surface area (Å²) in [6.07, 6.45) is -2.96. The minimum atomic E-state index is -4.49. The largest absolute Gasteiger partial charge is 0.416 e. The molecule has 0 aliphatic heterocycles. The van der Waals surface area contributed by atoms with Crippen molar-refractivity contribution < 1.29 is 17.7 Å². The molecule has 0 aliphatic rings. The number of nitrogens with zero attached hydrogens (tertiary/aromatic N) is 6. The van der Waals surface area contributed by atoms with E-state index < -0.39 is 17.4 Å². The Labute approximate surface area is 183 Å². The molecule has 9 nitrogen and oxygen atoms in total. The second kappa shape index (κ2) is 7.89. The Bertz CT molecular complexity index is 1490. The Balaban J connectivity index is 1.39. The van der Waals surface area contributed by atoms with Crippen molar-refractivity contribution in [1.29, 1.82) is 0 Å². The molecule has 0 amide bonds. The number of aromatic nitrogens is 6. The zero-order valence-corrected chi connectivity index (χ0v) is 16.7. The van der Waals surface area contributed by atoms with Gasteiger partial charge in [0.2, 0.25) is 11.7 Å². The van der Waals surface area contributed by atoms with Gasteiger partial charge < -0.3 is 9.84 Å². The first-order valence-electron chi connectivity index (χ1n) is 9.65. The predicted molar refractivity (Wildman–Crippen MR) is 111 cm³/mol. The van der Waals surface area contributed by atoms with Crippen molar-refractivity contribution in [2.75, 3.05) is 5.32 Å². The molecule has 166 valence electrons. The van der Waals surface area contributed by atoms with Crippen LogP contribution in [-0.2, 0) is 12.7 Å². The van der Waals surface area contributed by atoms with Gasteiger partial charge >= 0.3 is 11.9 Å². The van der Waals surface area contributed by atoms with Crippen molar-refractivity contribution in [2.24, 2.45) is 0 Å². The quantitative estimate of drug-likeness (QED) is 0.432. The van der Waals surface area contributed by atoms with Gasteiger partial charge in [0.15, 0.2) is 0 Å². The Morgan fingerprint density at radius 3 is 2.61 bits per heavy atom. The third-order valence-corrected chi connectivity index (χ3v) is 4.70. The monoisotopic (exact) mass is 453 g/mol. The van der Waals surface area contributed by atoms with Gasteiger partial charge in [-0.2, -0.15) is 23.1 Å². The number of rotatable bonds is 5. The number of para-hydroxylation sites is 1. The summed E-state index contributed by atoms with van der Waals surface area (Å²) in [5.74, 6) is 0.630. The van der Waals surface area contributed by atoms with Crippen LogP contribution in [0.3, 0.4) is 0 Å². The summed E-state index contributed by atoms with van der Waals surface area (Å²) in [6.45, 7) is -0.171. The molecule has 3 heterocycles. The van der Waals surface area contributed by atoms with Crippen molar-refractivity contribution in [3.05, 3.63) is 88.8 Å². The van der Waals surface area contributed by atoms with Gasteiger partial charge in [-0.25, -0.2) is 13.9 Å². The lowest BCUT2D eigenvalue weighted by molar-refractivity contribution is -0.137. The van der Waals surface area contributed by atoms with Gasteiger partial charge in [0.25, 0.3) is 5.78 Å². The van der Waals surface area contributed by atoms with E-state index in [2.05, 4.69) is 25.5 Å². The molecule has 5 rings (SSSR count). The van der Waals surface area contributed by atoms with Gasteiger partial charge in [0.1, 0.15) is 12.4 Å². The number of fused-ring (bicyclic) bond motifs is 1. The second-order valence-electron chi connectivity index (χ2n) is 7.00. The van der Waals surface area contributed by atoms with Gasteiger partial charge in [0.05, 0.1) is 5.56 Å². The third kappa shape index (κ3) is 4.18. The van der Waals surface area contributed by atoms with Crippen LogP contribution in [0.25, 0.3) is 17.2 Å². The number of nitrogens with one attached hydrogen (secondary N) is 1. The van der Waals surface area contributed by atoms with E-state index in [0.29, 0.717) is 5.82 Å². The maximum Gasteiger partial charge on any atom is 0.416 e. The zero-order valence-electron chi connectivity index (χ0n) is 16.7. The first-order chi connectivity index (χ1) is 15.9. The number of halogens is 3. The Hall–Kier alpha value is -4.48. The van der Waals surface area contributed by atoms with E-state index in [-0.39, 0.29) is 29.6 Å². The van der Waals surface area contributed by atoms with E-state index in [1.165, 1.54) is 22.7 Å². The first kappa shape index (κ1) is 20.4. The van der Waals surface area contributed by atoms with E-state index in [9.17, 15) is 18.0 Å². The topological polar surface area (TPSA) is 103 Å². The molecule has 0 spiro atoms. The average molecular weight is 453 g/mol. The van der Waals surface area contributed by atoms with Crippen molar-refractivity contribution in [3.63, 3.8) is 0 Å². The molecule has 0 saturated carbocycles. The van der Waals surface area contributed by atoms with Crippen molar-refractivity contribution in [1.82, 2.24) is 29.3 Å². The van der Waals surface area contributed by atoms with Crippen LogP contribution in [0.5, 0.6) is 0 Å². The summed E-state index contributed by atoms with van der Waals surface area (Å²) in [7, 11) is 0. The molecule has 0 radical (unpaired) electrons. The summed E-state index contributed by atoms with van der Waals surface area (Å²) >= 11 is 0. The standard InChI is InChI=1S/C21H14F3N7O2/c22-21(23,24)14-6-4-5-13(11-14)18-27-17(33-29-18)12-31-20(32)30-10-9-16(26-19(30)28-31)25-15-7-2-1-3-8-15/h1-11H,12H2,(H,25,26,28). The highest BCUT2D eigenvalue weighted by molar-refractivity contribution is 5.57. The van der Waals surface area contributed by atoms with E-state index >= 15 is 0 Å². The molecule has 2 aromatic carbocycles. The highest BCUT2D eigenvalue weighted by atomic mass is 19.4. The lowest BCUT2D eigenvalue weighted by Crippen LogP contribution is -2.21. The molecule has 0 fully saturated rings. The fraction of sp³-hybridized carbons (Fsp3) is 0.0952. The Morgan fingerprint density at radius 1 is 1.00 bits per heavy atom. The van der Waals surface area contributed by atoms with E-state index in [4.69, 9.17) is 4.52 Å². The molecule has 0 unspecified atom stereocenters. The normalized spacial score (nSPS) is 11.7. The van der Waals surface area contributed by atoms with Gasteiger partial charge in [-0.05, 0) is 30.3 Å². The molecule has 0 bridgehead atoms. The maximum absolute atomic E-state index is 12.9. The molecule has 0 saturated heterocycles. The molecule has 1 N–H and O–H groups in total. The summed E-state index contributed by atoms with van der Waals surface area (Å²) in [4.78, 5) is 21.0. The van der Waals surface area contributed by atoms with Crippen LogP contribution in [0.15, 0.2) is 76.2 Å². The summed E-state index contributed by atoms with van der Waals surface area (Å²) in [6, 6.07) is 15.6. The van der Waals surface area contributed by atoms with Gasteiger partial charge in [-0.1, -0.05) is 35.5 Å². The van der Waals surface area contributed by atoms with Gasteiger partial charge in [0, 0.05) is 17.4 Å². The number of anilines is 2. The lowest BCUT2D eigenvalue weighted by atomic mass is 10.1. The predicted octanol–water partition coefficient (Wildman–Crippen LogP) is 3.75. The van der Waals surface area contributed by atoms with E-state index in [1.54, 1.807) is 6.07 Å². The van der Waals surface area contributed by atoms with Gasteiger partial charge in [-0.3, -0.25) is 0 Å². The molecule has 33 heavy (non-hydrogen) atoms. The minimum absolute atomic E-state index is 0.00977. The van der Waals surface area contributed by atoms with Gasteiger partial charge in [-0.15, -0.1) is 5.10 Å². The molecule has 12 heteroatoms. The Kier molecular flexibility index (Phi) is 4.89. The summed E-state index contributed by atoms with van der Waals surface area (Å²) in [5.41, 5.74) is -0.346. The smallest absolute Gasteiger partial charge is 0.340 e. The van der Waals surface area contributed by atoms with Crippen LogP contribution in [0.2, 0.25) is 0 Å². The second-order valence-corrected chi connectivity index (χ2v) is 7.00. The average Bonchev–Trinajstić information content (AvgIpc) is 3.39. The SMILES string of the molecule is O=c1n(Cc2nc(-c3cccc(C(F)(F)F)c3)no2)nc2nc(Nc3ccccc3)ccn12. The number of alkyl halides is 3. The van der Waals surface area contributed by atoms with E-state index in [1.807, 2.05) is 30.3 Å². The fourth-order valence-corrected chi connectivity index (χ4v) is 3.15. The highest BCUT2D eigenvalue weighted by Crippen LogP contribution is 2.31. The first-order valence-corrected chi connectivity index (χ1v) is 9.65. The highest BCUT2D eigenvalue weighted by Gasteiger charge is 2.30. The van der Waals surface area contributed by atoms with Crippen molar-refractivity contribution in [3.8, 4) is 11.4 Å². The van der Waals surface area contributed by atoms with E-state index in [0.717, 1.165) is 22.5 Å². The van der Waals surface area contributed by atoms with Crippen molar-refractivity contribution in [2.45, 2.75) is 12.7 Å². The Morgan fingerprint density at radius 2 is 1.82 bits per heavy atom. The fourth-order valence-electron chi connectivity index (χ4n) is 3.15. The molecule has 3 aromatic heterocycles. The molecule has 0 atom stereocenters. The third-order valence-electron chi connectivity index (χ3n) is 4.70. The lowest BCUT2D eigenvalue weighted by Gasteiger charge is -2.06. The molecular formula is C21H14F3N7O2. The maximum atomic E-state index is 12.9. The van der Waals surface area contributed by atoms with Crippen LogP contribution in [0.4, 0.5) is 24.7 Å². The minimum Gasteiger partial charge on any atom is -0.340 e. The van der Waals surface area contributed by atoms with Crippen LogP contribution in [-0.4, -0.2) is 29.3 Å². The number of hydrogen-bond acceptors (Lipinski definition) is 7. The van der Waals surface area contributed by atoms with Crippen LogP contribution < -0.4 is 11.0 Å². The summed E-state index contributed by atoms with van der Waals surface area (Å²) < 4.78 is 46.3. The van der Waals surface area contributed by atoms with Crippen LogP contribution in [0.1, 0.15) is 11.5 Å². The van der Waals surface area contributed by atoms with Crippen molar-refractivity contribution >= 4 is 17.3 Å². The number of benzene rings is 2. The number of hydrogen-bond donors (Lipinski definition) is 1. The van der Waals surface area contributed by atoms with Crippen LogP contribution in [0, 0.1) is 0 Å². The molecule has 5 aromatic rings.